The summed E-state index contributed by atoms with van der Waals surface area (Å²) in [7, 11) is 3.25. The van der Waals surface area contributed by atoms with E-state index in [-0.39, 0.29) is 0 Å². The molecule has 0 spiro atoms. The van der Waals surface area contributed by atoms with Gasteiger partial charge in [-0.05, 0) is 60.9 Å². The van der Waals surface area contributed by atoms with Gasteiger partial charge < -0.3 is 9.47 Å². The molecule has 2 aromatic rings. The zero-order valence-corrected chi connectivity index (χ0v) is 14.1. The number of hydrogen-bond acceptors (Lipinski definition) is 3. The molecule has 2 nitrogen and oxygen atoms in total. The van der Waals surface area contributed by atoms with Crippen LogP contribution >= 0.6 is 12.6 Å². The number of methoxy groups -OCH3 is 1. The van der Waals surface area contributed by atoms with E-state index >= 15 is 0 Å². The van der Waals surface area contributed by atoms with Gasteiger partial charge in [0.25, 0.3) is 0 Å². The van der Waals surface area contributed by atoms with Crippen molar-refractivity contribution in [1.82, 2.24) is 0 Å². The average Bonchev–Trinajstić information content (AvgIpc) is 2.46. The lowest BCUT2D eigenvalue weighted by Crippen LogP contribution is -1.91. The molecule has 0 saturated carbocycles. The highest BCUT2D eigenvalue weighted by atomic mass is 32.1. The van der Waals surface area contributed by atoms with Crippen LogP contribution in [-0.2, 0) is 11.2 Å². The summed E-state index contributed by atoms with van der Waals surface area (Å²) in [6.07, 6.45) is 2.25. The maximum Gasteiger partial charge on any atom is 0.127 e. The summed E-state index contributed by atoms with van der Waals surface area (Å²) in [6, 6.07) is 14.0. The van der Waals surface area contributed by atoms with Crippen LogP contribution in [0.5, 0.6) is 11.5 Å². The van der Waals surface area contributed by atoms with Gasteiger partial charge in [0, 0.05) is 19.1 Å². The Hall–Kier alpha value is -1.45. The number of benzene rings is 2. The highest BCUT2D eigenvalue weighted by Gasteiger charge is 2.02. The lowest BCUT2D eigenvalue weighted by atomic mass is 10.0. The fraction of sp³-hybridized carbons (Fsp3) is 0.333. The van der Waals surface area contributed by atoms with Crippen LogP contribution in [0, 0.1) is 6.92 Å². The molecule has 0 aliphatic carbocycles. The van der Waals surface area contributed by atoms with Crippen molar-refractivity contribution in [3.8, 4) is 11.5 Å². The molecule has 114 valence electrons. The number of hydrogen-bond donors (Lipinski definition) is 1. The smallest absolute Gasteiger partial charge is 0.127 e. The van der Waals surface area contributed by atoms with Crippen molar-refractivity contribution in [2.75, 3.05) is 14.2 Å². The van der Waals surface area contributed by atoms with E-state index in [2.05, 4.69) is 43.3 Å². The van der Waals surface area contributed by atoms with Crippen molar-refractivity contribution in [3.63, 3.8) is 0 Å². The third-order valence-corrected chi connectivity index (χ3v) is 3.21. The summed E-state index contributed by atoms with van der Waals surface area (Å²) in [6.45, 7) is 4.34. The monoisotopic (exact) mass is 304 g/mol. The van der Waals surface area contributed by atoms with Gasteiger partial charge in [-0.1, -0.05) is 19.4 Å². The van der Waals surface area contributed by atoms with E-state index in [4.69, 9.17) is 4.74 Å². The van der Waals surface area contributed by atoms with Crippen molar-refractivity contribution in [2.45, 2.75) is 31.6 Å². The summed E-state index contributed by atoms with van der Waals surface area (Å²) in [4.78, 5) is 0.943. The lowest BCUT2D eigenvalue weighted by molar-refractivity contribution is 0.277. The average molecular weight is 304 g/mol. The highest BCUT2D eigenvalue weighted by molar-refractivity contribution is 7.80. The molecular weight excluding hydrogens is 280 g/mol. The molecule has 0 aromatic heterocycles. The summed E-state index contributed by atoms with van der Waals surface area (Å²) in [5.74, 6) is 1.75. The fourth-order valence-corrected chi connectivity index (χ4v) is 2.05. The van der Waals surface area contributed by atoms with Gasteiger partial charge in [-0.3, -0.25) is 0 Å². The van der Waals surface area contributed by atoms with E-state index in [9.17, 15) is 0 Å². The van der Waals surface area contributed by atoms with Crippen molar-refractivity contribution in [2.24, 2.45) is 0 Å². The zero-order valence-electron chi connectivity index (χ0n) is 13.2. The van der Waals surface area contributed by atoms with E-state index in [1.807, 2.05) is 30.3 Å². The van der Waals surface area contributed by atoms with Crippen molar-refractivity contribution < 1.29 is 9.47 Å². The minimum atomic E-state index is 0.846. The molecule has 0 amide bonds. The Labute approximate surface area is 133 Å². The van der Waals surface area contributed by atoms with Gasteiger partial charge >= 0.3 is 0 Å². The third-order valence-electron chi connectivity index (χ3n) is 2.91. The molecule has 0 radical (unpaired) electrons. The first-order valence-corrected chi connectivity index (χ1v) is 7.52. The van der Waals surface area contributed by atoms with Gasteiger partial charge in [-0.2, -0.15) is 0 Å². The SMILES string of the molecule is CCCc1cc(Oc2ccc(S)cc2)ccc1C.COC. The van der Waals surface area contributed by atoms with E-state index < -0.39 is 0 Å². The van der Waals surface area contributed by atoms with Gasteiger partial charge in [0.05, 0.1) is 0 Å². The molecule has 3 heteroatoms. The standard InChI is InChI=1S/C16H18OS.C2H6O/c1-3-4-13-11-15(6-5-12(13)2)17-14-7-9-16(18)10-8-14;1-3-2/h5-11,18H,3-4H2,1-2H3;1-2H3. The van der Waals surface area contributed by atoms with Crippen LogP contribution in [0.25, 0.3) is 0 Å². The zero-order chi connectivity index (χ0) is 15.7. The molecule has 0 N–H and O–H groups in total. The Kier molecular flexibility index (Phi) is 7.95. The van der Waals surface area contributed by atoms with Crippen LogP contribution in [0.1, 0.15) is 24.5 Å². The molecule has 2 rings (SSSR count). The van der Waals surface area contributed by atoms with Crippen molar-refractivity contribution in [1.29, 1.82) is 0 Å². The molecular formula is C18H24O2S. The predicted molar refractivity (Wildman–Crippen MR) is 91.9 cm³/mol. The normalized spacial score (nSPS) is 9.76. The fourth-order valence-electron chi connectivity index (χ4n) is 1.90. The maximum absolute atomic E-state index is 5.84. The van der Waals surface area contributed by atoms with Crippen molar-refractivity contribution in [3.05, 3.63) is 53.6 Å². The van der Waals surface area contributed by atoms with Crippen LogP contribution in [0.3, 0.4) is 0 Å². The number of rotatable bonds is 4. The van der Waals surface area contributed by atoms with Gasteiger partial charge in [0.2, 0.25) is 0 Å². The predicted octanol–water partition coefficient (Wildman–Crippen LogP) is 5.29. The quantitative estimate of drug-likeness (QED) is 0.774. The van der Waals surface area contributed by atoms with Gasteiger partial charge in [0.1, 0.15) is 11.5 Å². The Morgan fingerprint density at radius 3 is 2.10 bits per heavy atom. The van der Waals surface area contributed by atoms with E-state index in [1.165, 1.54) is 11.1 Å². The number of thiol groups is 1. The highest BCUT2D eigenvalue weighted by Crippen LogP contribution is 2.25. The summed E-state index contributed by atoms with van der Waals surface area (Å²) in [5.41, 5.74) is 2.69. The second kappa shape index (κ2) is 9.48. The van der Waals surface area contributed by atoms with E-state index in [0.717, 1.165) is 29.2 Å². The molecule has 0 unspecified atom stereocenters. The summed E-state index contributed by atoms with van der Waals surface area (Å²) in [5, 5.41) is 0. The van der Waals surface area contributed by atoms with E-state index in [0.29, 0.717) is 0 Å². The Morgan fingerprint density at radius 2 is 1.52 bits per heavy atom. The lowest BCUT2D eigenvalue weighted by Gasteiger charge is -2.10. The van der Waals surface area contributed by atoms with Crippen LogP contribution in [0.2, 0.25) is 0 Å². The molecule has 0 aliphatic rings. The third kappa shape index (κ3) is 6.23. The number of aryl methyl sites for hydroxylation is 2. The largest absolute Gasteiger partial charge is 0.457 e. The minimum Gasteiger partial charge on any atom is -0.457 e. The van der Waals surface area contributed by atoms with E-state index in [1.54, 1.807) is 14.2 Å². The molecule has 0 saturated heterocycles. The van der Waals surface area contributed by atoms with Crippen LogP contribution in [0.15, 0.2) is 47.4 Å². The topological polar surface area (TPSA) is 18.5 Å². The Balaban J connectivity index is 0.000000677. The van der Waals surface area contributed by atoms with Gasteiger partial charge in [0.15, 0.2) is 0 Å². The molecule has 0 atom stereocenters. The summed E-state index contributed by atoms with van der Waals surface area (Å²) >= 11 is 4.26. The number of ether oxygens (including phenoxy) is 2. The first-order chi connectivity index (χ1) is 10.1. The first kappa shape index (κ1) is 17.6. The van der Waals surface area contributed by atoms with Gasteiger partial charge in [-0.25, -0.2) is 0 Å². The minimum absolute atomic E-state index is 0.846. The molecule has 21 heavy (non-hydrogen) atoms. The Morgan fingerprint density at radius 1 is 0.952 bits per heavy atom. The van der Waals surface area contributed by atoms with Crippen molar-refractivity contribution >= 4 is 12.6 Å². The second-order valence-electron chi connectivity index (χ2n) is 4.84. The molecule has 0 fully saturated rings. The molecule has 0 heterocycles. The second-order valence-corrected chi connectivity index (χ2v) is 5.36. The molecule has 2 aromatic carbocycles. The Bertz CT molecular complexity index is 535. The summed E-state index contributed by atoms with van der Waals surface area (Å²) < 4.78 is 10.1. The van der Waals surface area contributed by atoms with Gasteiger partial charge in [-0.15, -0.1) is 12.6 Å². The maximum atomic E-state index is 5.84. The van der Waals surface area contributed by atoms with Crippen LogP contribution in [0.4, 0.5) is 0 Å². The molecule has 0 bridgehead atoms. The van der Waals surface area contributed by atoms with Crippen LogP contribution < -0.4 is 4.74 Å². The molecule has 0 aliphatic heterocycles. The first-order valence-electron chi connectivity index (χ1n) is 7.07. The van der Waals surface area contributed by atoms with Crippen LogP contribution in [-0.4, -0.2) is 14.2 Å².